The van der Waals surface area contributed by atoms with Gasteiger partial charge < -0.3 is 10.2 Å². The van der Waals surface area contributed by atoms with Gasteiger partial charge in [0.05, 0.1) is 0 Å². The number of likely N-dealkylation sites (tertiary alicyclic amines) is 2. The van der Waals surface area contributed by atoms with Gasteiger partial charge in [-0.15, -0.1) is 0 Å². The molecule has 2 saturated heterocycles. The molecule has 112 valence electrons. The van der Waals surface area contributed by atoms with Crippen molar-refractivity contribution in [2.24, 2.45) is 11.8 Å². The molecule has 0 aromatic carbocycles. The van der Waals surface area contributed by atoms with Gasteiger partial charge in [0.25, 0.3) is 0 Å². The van der Waals surface area contributed by atoms with Crippen LogP contribution in [0.3, 0.4) is 0 Å². The minimum Gasteiger partial charge on any atom is -0.314 e. The molecule has 0 radical (unpaired) electrons. The zero-order valence-corrected chi connectivity index (χ0v) is 13.4. The SMILES string of the molecule is CCCNC1CCN(C2CCN(C)CC2C)CC1C. The topological polar surface area (TPSA) is 18.5 Å². The van der Waals surface area contributed by atoms with Gasteiger partial charge in [0, 0.05) is 25.2 Å². The van der Waals surface area contributed by atoms with E-state index in [1.165, 1.54) is 52.0 Å². The summed E-state index contributed by atoms with van der Waals surface area (Å²) in [5, 5.41) is 3.73. The summed E-state index contributed by atoms with van der Waals surface area (Å²) in [4.78, 5) is 5.27. The lowest BCUT2D eigenvalue weighted by molar-refractivity contribution is 0.0361. The highest BCUT2D eigenvalue weighted by Crippen LogP contribution is 2.26. The summed E-state index contributed by atoms with van der Waals surface area (Å²) in [6, 6.07) is 1.57. The van der Waals surface area contributed by atoms with Crippen LogP contribution in [0, 0.1) is 11.8 Å². The molecular weight excluding hydrogens is 234 g/mol. The minimum absolute atomic E-state index is 0.748. The van der Waals surface area contributed by atoms with E-state index in [4.69, 9.17) is 0 Å². The molecule has 0 spiro atoms. The first kappa shape index (κ1) is 15.3. The number of nitrogens with zero attached hydrogens (tertiary/aromatic N) is 2. The molecular formula is C16H33N3. The van der Waals surface area contributed by atoms with Crippen LogP contribution in [0.4, 0.5) is 0 Å². The standard InChI is InChI=1S/C16H33N3/c1-5-8-17-15-6-10-19(12-13(15)2)16-7-9-18(4)11-14(16)3/h13-17H,5-12H2,1-4H3. The highest BCUT2D eigenvalue weighted by molar-refractivity contribution is 4.90. The molecule has 4 atom stereocenters. The molecule has 0 aromatic heterocycles. The quantitative estimate of drug-likeness (QED) is 0.841. The Labute approximate surface area is 119 Å². The van der Waals surface area contributed by atoms with Crippen molar-refractivity contribution in [1.29, 1.82) is 0 Å². The van der Waals surface area contributed by atoms with Crippen molar-refractivity contribution in [2.45, 2.75) is 52.1 Å². The van der Waals surface area contributed by atoms with Crippen LogP contribution in [0.5, 0.6) is 0 Å². The van der Waals surface area contributed by atoms with E-state index in [1.54, 1.807) is 0 Å². The Kier molecular flexibility index (Phi) is 5.67. The highest BCUT2D eigenvalue weighted by atomic mass is 15.2. The first-order valence-corrected chi connectivity index (χ1v) is 8.27. The van der Waals surface area contributed by atoms with Gasteiger partial charge >= 0.3 is 0 Å². The van der Waals surface area contributed by atoms with E-state index in [0.29, 0.717) is 0 Å². The number of rotatable bonds is 4. The lowest BCUT2D eigenvalue weighted by atomic mass is 9.87. The Balaban J connectivity index is 1.84. The second-order valence-electron chi connectivity index (χ2n) is 6.92. The van der Waals surface area contributed by atoms with Crippen molar-refractivity contribution < 1.29 is 0 Å². The first-order valence-electron chi connectivity index (χ1n) is 8.27. The summed E-state index contributed by atoms with van der Waals surface area (Å²) in [5.74, 6) is 1.62. The molecule has 2 aliphatic heterocycles. The van der Waals surface area contributed by atoms with E-state index in [-0.39, 0.29) is 0 Å². The van der Waals surface area contributed by atoms with Crippen LogP contribution in [0.2, 0.25) is 0 Å². The van der Waals surface area contributed by atoms with Gasteiger partial charge in [-0.25, -0.2) is 0 Å². The fourth-order valence-corrected chi connectivity index (χ4v) is 4.00. The fraction of sp³-hybridized carbons (Fsp3) is 1.00. The van der Waals surface area contributed by atoms with Crippen LogP contribution in [-0.4, -0.2) is 61.7 Å². The molecule has 3 nitrogen and oxygen atoms in total. The predicted molar refractivity (Wildman–Crippen MR) is 82.5 cm³/mol. The lowest BCUT2D eigenvalue weighted by Crippen LogP contribution is -2.56. The van der Waals surface area contributed by atoms with Gasteiger partial charge in [0.1, 0.15) is 0 Å². The monoisotopic (exact) mass is 267 g/mol. The van der Waals surface area contributed by atoms with Gasteiger partial charge in [-0.2, -0.15) is 0 Å². The number of nitrogens with one attached hydrogen (secondary N) is 1. The lowest BCUT2D eigenvalue weighted by Gasteiger charge is -2.46. The fourth-order valence-electron chi connectivity index (χ4n) is 4.00. The Morgan fingerprint density at radius 1 is 1.05 bits per heavy atom. The molecule has 2 heterocycles. The van der Waals surface area contributed by atoms with E-state index in [9.17, 15) is 0 Å². The maximum Gasteiger partial charge on any atom is 0.0145 e. The van der Waals surface area contributed by atoms with Gasteiger partial charge in [-0.05, 0) is 57.8 Å². The van der Waals surface area contributed by atoms with Crippen LogP contribution in [0.1, 0.15) is 40.0 Å². The van der Waals surface area contributed by atoms with Crippen LogP contribution >= 0.6 is 0 Å². The number of piperidine rings is 2. The Hall–Kier alpha value is -0.120. The maximum absolute atomic E-state index is 3.73. The Morgan fingerprint density at radius 3 is 2.47 bits per heavy atom. The average Bonchev–Trinajstić information content (AvgIpc) is 2.37. The smallest absolute Gasteiger partial charge is 0.0145 e. The van der Waals surface area contributed by atoms with Crippen molar-refractivity contribution in [3.63, 3.8) is 0 Å². The number of hydrogen-bond acceptors (Lipinski definition) is 3. The Morgan fingerprint density at radius 2 is 1.84 bits per heavy atom. The van der Waals surface area contributed by atoms with Crippen LogP contribution < -0.4 is 5.32 Å². The van der Waals surface area contributed by atoms with Gasteiger partial charge in [-0.3, -0.25) is 4.90 Å². The summed E-state index contributed by atoms with van der Waals surface area (Å²) in [6.45, 7) is 13.4. The summed E-state index contributed by atoms with van der Waals surface area (Å²) in [7, 11) is 2.26. The molecule has 2 aliphatic rings. The third-order valence-corrected chi connectivity index (χ3v) is 5.13. The largest absolute Gasteiger partial charge is 0.314 e. The van der Waals surface area contributed by atoms with Crippen molar-refractivity contribution in [3.8, 4) is 0 Å². The van der Waals surface area contributed by atoms with E-state index in [0.717, 1.165) is 23.9 Å². The van der Waals surface area contributed by atoms with E-state index in [2.05, 4.69) is 42.9 Å². The molecule has 1 N–H and O–H groups in total. The molecule has 19 heavy (non-hydrogen) atoms. The van der Waals surface area contributed by atoms with Crippen molar-refractivity contribution in [1.82, 2.24) is 15.1 Å². The van der Waals surface area contributed by atoms with Gasteiger partial charge in [-0.1, -0.05) is 20.8 Å². The van der Waals surface area contributed by atoms with Crippen LogP contribution in [-0.2, 0) is 0 Å². The average molecular weight is 267 g/mol. The van der Waals surface area contributed by atoms with Crippen molar-refractivity contribution >= 4 is 0 Å². The van der Waals surface area contributed by atoms with Crippen molar-refractivity contribution in [2.75, 3.05) is 39.8 Å². The summed E-state index contributed by atoms with van der Waals surface area (Å²) >= 11 is 0. The maximum atomic E-state index is 3.73. The summed E-state index contributed by atoms with van der Waals surface area (Å²) < 4.78 is 0. The molecule has 2 rings (SSSR count). The molecule has 0 aromatic rings. The second kappa shape index (κ2) is 7.05. The molecule has 2 fully saturated rings. The van der Waals surface area contributed by atoms with Gasteiger partial charge in [0.15, 0.2) is 0 Å². The molecule has 0 saturated carbocycles. The molecule has 0 amide bonds. The first-order chi connectivity index (χ1) is 9.11. The molecule has 0 bridgehead atoms. The molecule has 0 aliphatic carbocycles. The van der Waals surface area contributed by atoms with E-state index in [1.807, 2.05) is 0 Å². The third-order valence-electron chi connectivity index (χ3n) is 5.13. The van der Waals surface area contributed by atoms with E-state index < -0.39 is 0 Å². The van der Waals surface area contributed by atoms with Crippen LogP contribution in [0.15, 0.2) is 0 Å². The molecule has 3 heteroatoms. The third kappa shape index (κ3) is 3.93. The zero-order valence-electron chi connectivity index (χ0n) is 13.4. The van der Waals surface area contributed by atoms with Crippen LogP contribution in [0.25, 0.3) is 0 Å². The Bertz CT molecular complexity index is 269. The second-order valence-corrected chi connectivity index (χ2v) is 6.92. The van der Waals surface area contributed by atoms with Crippen molar-refractivity contribution in [3.05, 3.63) is 0 Å². The summed E-state index contributed by atoms with van der Waals surface area (Å²) in [5.41, 5.74) is 0. The highest BCUT2D eigenvalue weighted by Gasteiger charge is 2.34. The number of hydrogen-bond donors (Lipinski definition) is 1. The van der Waals surface area contributed by atoms with E-state index >= 15 is 0 Å². The minimum atomic E-state index is 0.748. The normalized spacial score (nSPS) is 38.5. The summed E-state index contributed by atoms with van der Waals surface area (Å²) in [6.07, 6.45) is 3.94. The zero-order chi connectivity index (χ0) is 13.8. The predicted octanol–water partition coefficient (Wildman–Crippen LogP) is 2.04. The van der Waals surface area contributed by atoms with Gasteiger partial charge in [0.2, 0.25) is 0 Å². The molecule has 4 unspecified atom stereocenters.